The average molecular weight is 372 g/mol. The fourth-order valence-corrected chi connectivity index (χ4v) is 4.92. The van der Waals surface area contributed by atoms with Crippen LogP contribution in [0.2, 0.25) is 0 Å². The van der Waals surface area contributed by atoms with Crippen molar-refractivity contribution >= 4 is 38.3 Å². The van der Waals surface area contributed by atoms with Crippen molar-refractivity contribution in [2.24, 2.45) is 5.92 Å². The molecule has 1 fully saturated rings. The summed E-state index contributed by atoms with van der Waals surface area (Å²) in [7, 11) is 0. The van der Waals surface area contributed by atoms with Crippen LogP contribution in [0.4, 0.5) is 0 Å². The number of rotatable bonds is 4. The number of likely N-dealkylation sites (tertiary alicyclic amines) is 1. The van der Waals surface area contributed by atoms with Crippen LogP contribution in [-0.4, -0.2) is 25.7 Å². The summed E-state index contributed by atoms with van der Waals surface area (Å²) >= 11 is 0. The van der Waals surface area contributed by atoms with Crippen molar-refractivity contribution in [2.45, 2.75) is 26.3 Å². The molecule has 5 rings (SSSR count). The smallest absolute Gasteiger partial charge is 0.309 e. The van der Waals surface area contributed by atoms with Gasteiger partial charge in [0.25, 0.3) is 0 Å². The molecule has 1 aliphatic rings. The molecule has 142 valence electrons. The molecule has 0 atom stereocenters. The molecule has 3 nitrogen and oxygen atoms in total. The first-order valence-corrected chi connectivity index (χ1v) is 10.4. The molecule has 0 amide bonds. The molecule has 0 aromatic heterocycles. The first-order valence-electron chi connectivity index (χ1n) is 10.4. The Kier molecular flexibility index (Phi) is 4.40. The third-order valence-electron chi connectivity index (χ3n) is 6.37. The van der Waals surface area contributed by atoms with Gasteiger partial charge in [0.05, 0.1) is 25.6 Å². The zero-order valence-corrected chi connectivity index (χ0v) is 16.3. The van der Waals surface area contributed by atoms with Gasteiger partial charge in [-0.1, -0.05) is 54.6 Å². The number of benzene rings is 4. The van der Waals surface area contributed by atoms with Gasteiger partial charge < -0.3 is 9.64 Å². The molecule has 4 aromatic carbocycles. The maximum atomic E-state index is 12.0. The first-order chi connectivity index (χ1) is 13.7. The summed E-state index contributed by atoms with van der Waals surface area (Å²) in [6.45, 7) is 5.45. The van der Waals surface area contributed by atoms with Crippen molar-refractivity contribution in [3.8, 4) is 0 Å². The summed E-state index contributed by atoms with van der Waals surface area (Å²) in [5.41, 5.74) is 1.41. The number of quaternary nitrogens is 1. The van der Waals surface area contributed by atoms with E-state index in [0.29, 0.717) is 6.61 Å². The summed E-state index contributed by atoms with van der Waals surface area (Å²) < 4.78 is 5.21. The predicted molar refractivity (Wildman–Crippen MR) is 114 cm³/mol. The number of carbonyl (C=O) groups excluding carboxylic acids is 1. The van der Waals surface area contributed by atoms with E-state index in [1.54, 1.807) is 4.90 Å². The molecule has 0 unspecified atom stereocenters. The average Bonchev–Trinajstić information content (AvgIpc) is 2.74. The Morgan fingerprint density at radius 1 is 0.929 bits per heavy atom. The van der Waals surface area contributed by atoms with Gasteiger partial charge in [0.1, 0.15) is 6.54 Å². The monoisotopic (exact) mass is 372 g/mol. The third-order valence-corrected chi connectivity index (χ3v) is 6.37. The van der Waals surface area contributed by atoms with Crippen LogP contribution in [0.15, 0.2) is 54.6 Å². The van der Waals surface area contributed by atoms with Crippen molar-refractivity contribution in [1.82, 2.24) is 0 Å². The topological polar surface area (TPSA) is 30.7 Å². The second-order valence-electron chi connectivity index (χ2n) is 8.03. The number of ether oxygens (including phenoxy) is 1. The highest BCUT2D eigenvalue weighted by atomic mass is 16.5. The second kappa shape index (κ2) is 7.06. The van der Waals surface area contributed by atoms with Crippen LogP contribution in [0.5, 0.6) is 0 Å². The molecule has 0 bridgehead atoms. The van der Waals surface area contributed by atoms with E-state index in [1.807, 2.05) is 6.92 Å². The highest BCUT2D eigenvalue weighted by Gasteiger charge is 2.28. The maximum Gasteiger partial charge on any atom is 0.309 e. The molecule has 1 heterocycles. The predicted octanol–water partition coefficient (Wildman–Crippen LogP) is 3.94. The number of esters is 1. The second-order valence-corrected chi connectivity index (χ2v) is 8.03. The molecule has 0 aliphatic carbocycles. The SMILES string of the molecule is CCOC(=O)C1CC[NH+](Cc2ccc3ccc4cccc5ccc2c3c45)CC1. The zero-order valence-electron chi connectivity index (χ0n) is 16.3. The lowest BCUT2D eigenvalue weighted by molar-refractivity contribution is -0.919. The molecule has 0 saturated carbocycles. The summed E-state index contributed by atoms with van der Waals surface area (Å²) in [5.74, 6) is 0.0781. The number of carbonyl (C=O) groups is 1. The van der Waals surface area contributed by atoms with E-state index in [-0.39, 0.29) is 11.9 Å². The lowest BCUT2D eigenvalue weighted by Gasteiger charge is -2.28. The van der Waals surface area contributed by atoms with Crippen LogP contribution in [0, 0.1) is 5.92 Å². The van der Waals surface area contributed by atoms with E-state index >= 15 is 0 Å². The van der Waals surface area contributed by atoms with Crippen LogP contribution in [-0.2, 0) is 16.1 Å². The van der Waals surface area contributed by atoms with Gasteiger partial charge in [-0.15, -0.1) is 0 Å². The quantitative estimate of drug-likeness (QED) is 0.434. The Morgan fingerprint density at radius 2 is 1.57 bits per heavy atom. The van der Waals surface area contributed by atoms with Crippen LogP contribution < -0.4 is 4.90 Å². The standard InChI is InChI=1S/C25H25NO2/c1-2-28-25(27)20-12-14-26(15-13-20)16-21-9-8-19-7-6-17-4-3-5-18-10-11-22(21)24(19)23(17)18/h3-11,20H,2,12-16H2,1H3/p+1. The highest BCUT2D eigenvalue weighted by molar-refractivity contribution is 6.23. The van der Waals surface area contributed by atoms with Gasteiger partial charge in [-0.25, -0.2) is 0 Å². The summed E-state index contributed by atoms with van der Waals surface area (Å²) in [4.78, 5) is 13.6. The molecule has 3 heteroatoms. The molecule has 1 aliphatic heterocycles. The van der Waals surface area contributed by atoms with E-state index in [2.05, 4.69) is 54.6 Å². The van der Waals surface area contributed by atoms with Crippen LogP contribution in [0.3, 0.4) is 0 Å². The van der Waals surface area contributed by atoms with Gasteiger partial charge in [-0.3, -0.25) is 4.79 Å². The van der Waals surface area contributed by atoms with Crippen molar-refractivity contribution in [3.63, 3.8) is 0 Å². The van der Waals surface area contributed by atoms with E-state index in [4.69, 9.17) is 4.74 Å². The number of hydrogen-bond donors (Lipinski definition) is 1. The molecule has 4 aromatic rings. The Hall–Kier alpha value is -2.65. The third kappa shape index (κ3) is 2.91. The van der Waals surface area contributed by atoms with E-state index < -0.39 is 0 Å². The highest BCUT2D eigenvalue weighted by Crippen LogP contribution is 2.35. The fraction of sp³-hybridized carbons (Fsp3) is 0.320. The lowest BCUT2D eigenvalue weighted by atomic mass is 9.91. The first kappa shape index (κ1) is 17.4. The van der Waals surface area contributed by atoms with Crippen LogP contribution >= 0.6 is 0 Å². The Labute approximate surface area is 165 Å². The maximum absolute atomic E-state index is 12.0. The molecule has 28 heavy (non-hydrogen) atoms. The van der Waals surface area contributed by atoms with Gasteiger partial charge in [-0.2, -0.15) is 0 Å². The minimum absolute atomic E-state index is 0.00993. The largest absolute Gasteiger partial charge is 0.466 e. The molecule has 1 N–H and O–H groups in total. The van der Waals surface area contributed by atoms with E-state index in [9.17, 15) is 4.79 Å². The van der Waals surface area contributed by atoms with Crippen molar-refractivity contribution in [1.29, 1.82) is 0 Å². The van der Waals surface area contributed by atoms with Gasteiger partial charge in [0.15, 0.2) is 0 Å². The minimum Gasteiger partial charge on any atom is -0.466 e. The van der Waals surface area contributed by atoms with E-state index in [0.717, 1.165) is 32.5 Å². The van der Waals surface area contributed by atoms with Crippen LogP contribution in [0.1, 0.15) is 25.3 Å². The summed E-state index contributed by atoms with van der Waals surface area (Å²) in [5, 5.41) is 8.11. The fourth-order valence-electron chi connectivity index (χ4n) is 4.92. The molecule has 1 saturated heterocycles. The molecular weight excluding hydrogens is 346 g/mol. The van der Waals surface area contributed by atoms with Gasteiger partial charge in [0, 0.05) is 18.4 Å². The van der Waals surface area contributed by atoms with Gasteiger partial charge in [0.2, 0.25) is 0 Å². The molecule has 0 radical (unpaired) electrons. The van der Waals surface area contributed by atoms with Crippen molar-refractivity contribution < 1.29 is 14.4 Å². The Balaban J connectivity index is 1.45. The number of hydrogen-bond acceptors (Lipinski definition) is 2. The minimum atomic E-state index is -0.00993. The zero-order chi connectivity index (χ0) is 19.1. The van der Waals surface area contributed by atoms with Gasteiger partial charge >= 0.3 is 5.97 Å². The molecular formula is C25H26NO2+. The van der Waals surface area contributed by atoms with Gasteiger partial charge in [-0.05, 0) is 39.2 Å². The Bertz CT molecular complexity index is 1130. The summed E-state index contributed by atoms with van der Waals surface area (Å²) in [6, 6.07) is 20.2. The summed E-state index contributed by atoms with van der Waals surface area (Å²) in [6.07, 6.45) is 1.86. The molecule has 0 spiro atoms. The Morgan fingerprint density at radius 3 is 2.29 bits per heavy atom. The number of piperidine rings is 1. The van der Waals surface area contributed by atoms with Crippen molar-refractivity contribution in [3.05, 3.63) is 60.2 Å². The van der Waals surface area contributed by atoms with Crippen LogP contribution in [0.25, 0.3) is 32.3 Å². The van der Waals surface area contributed by atoms with E-state index in [1.165, 1.54) is 37.9 Å². The number of nitrogens with one attached hydrogen (secondary N) is 1. The van der Waals surface area contributed by atoms with Crippen molar-refractivity contribution in [2.75, 3.05) is 19.7 Å². The lowest BCUT2D eigenvalue weighted by Crippen LogP contribution is -3.11. The normalized spacial score (nSPS) is 20.2.